The van der Waals surface area contributed by atoms with Gasteiger partial charge < -0.3 is 10.1 Å². The molecule has 0 bridgehead atoms. The van der Waals surface area contributed by atoms with Gasteiger partial charge in [-0.1, -0.05) is 18.2 Å². The van der Waals surface area contributed by atoms with Crippen LogP contribution in [0.25, 0.3) is 6.08 Å². The molecule has 0 aliphatic carbocycles. The monoisotopic (exact) mass is 278 g/mol. The summed E-state index contributed by atoms with van der Waals surface area (Å²) in [5.74, 6) is 0.463. The van der Waals surface area contributed by atoms with Crippen LogP contribution >= 0.6 is 0 Å². The molecule has 1 amide bonds. The summed E-state index contributed by atoms with van der Waals surface area (Å²) in [6.07, 6.45) is 3.13. The molecule has 2 rings (SSSR count). The molecule has 21 heavy (non-hydrogen) atoms. The maximum absolute atomic E-state index is 11.8. The summed E-state index contributed by atoms with van der Waals surface area (Å²) in [4.78, 5) is 11.8. The van der Waals surface area contributed by atoms with Crippen LogP contribution in [0, 0.1) is 11.3 Å². The van der Waals surface area contributed by atoms with Gasteiger partial charge in [0, 0.05) is 17.3 Å². The Kier molecular flexibility index (Phi) is 4.73. The SMILES string of the molecule is COc1ccccc1C=CC(=O)Nc1ccc(C#N)cc1. The number of carbonyl (C=O) groups excluding carboxylic acids is 1. The smallest absolute Gasteiger partial charge is 0.248 e. The number of nitriles is 1. The van der Waals surface area contributed by atoms with E-state index in [1.165, 1.54) is 6.08 Å². The standard InChI is InChI=1S/C17H14N2O2/c1-21-16-5-3-2-4-14(16)8-11-17(20)19-15-9-6-13(12-18)7-10-15/h2-11H,1H3,(H,19,20). The van der Waals surface area contributed by atoms with E-state index < -0.39 is 0 Å². The minimum absolute atomic E-state index is 0.245. The fourth-order valence-corrected chi connectivity index (χ4v) is 1.78. The number of hydrogen-bond donors (Lipinski definition) is 1. The second kappa shape index (κ2) is 6.92. The maximum Gasteiger partial charge on any atom is 0.248 e. The van der Waals surface area contributed by atoms with E-state index in [-0.39, 0.29) is 5.91 Å². The van der Waals surface area contributed by atoms with Crippen LogP contribution in [0.5, 0.6) is 5.75 Å². The molecule has 0 aliphatic rings. The average molecular weight is 278 g/mol. The maximum atomic E-state index is 11.8. The van der Waals surface area contributed by atoms with E-state index in [9.17, 15) is 4.79 Å². The topological polar surface area (TPSA) is 62.1 Å². The number of rotatable bonds is 4. The van der Waals surface area contributed by atoms with E-state index in [4.69, 9.17) is 10.00 Å². The van der Waals surface area contributed by atoms with Crippen molar-refractivity contribution in [2.75, 3.05) is 12.4 Å². The molecule has 0 aliphatic heterocycles. The lowest BCUT2D eigenvalue weighted by atomic mass is 10.2. The van der Waals surface area contributed by atoms with E-state index in [1.807, 2.05) is 30.3 Å². The zero-order chi connectivity index (χ0) is 15.1. The first kappa shape index (κ1) is 14.4. The lowest BCUT2D eigenvalue weighted by Crippen LogP contribution is -2.07. The van der Waals surface area contributed by atoms with Crippen LogP contribution in [-0.2, 0) is 4.79 Å². The van der Waals surface area contributed by atoms with Crippen molar-refractivity contribution in [3.63, 3.8) is 0 Å². The van der Waals surface area contributed by atoms with Gasteiger partial charge in [-0.2, -0.15) is 5.26 Å². The van der Waals surface area contributed by atoms with Crippen molar-refractivity contribution < 1.29 is 9.53 Å². The molecule has 4 nitrogen and oxygen atoms in total. The Morgan fingerprint density at radius 3 is 2.57 bits per heavy atom. The molecular formula is C17H14N2O2. The zero-order valence-corrected chi connectivity index (χ0v) is 11.5. The number of hydrogen-bond acceptors (Lipinski definition) is 3. The van der Waals surface area contributed by atoms with Gasteiger partial charge in [0.05, 0.1) is 18.7 Å². The van der Waals surface area contributed by atoms with Gasteiger partial charge in [-0.25, -0.2) is 0 Å². The molecule has 0 atom stereocenters. The Bertz CT molecular complexity index is 697. The first-order valence-corrected chi connectivity index (χ1v) is 6.35. The van der Waals surface area contributed by atoms with Gasteiger partial charge in [-0.3, -0.25) is 4.79 Å². The van der Waals surface area contributed by atoms with Gasteiger partial charge in [-0.05, 0) is 36.4 Å². The molecule has 0 heterocycles. The summed E-state index contributed by atoms with van der Waals surface area (Å²) in [5, 5.41) is 11.4. The van der Waals surface area contributed by atoms with E-state index >= 15 is 0 Å². The average Bonchev–Trinajstić information content (AvgIpc) is 2.54. The van der Waals surface area contributed by atoms with Crippen LogP contribution in [0.15, 0.2) is 54.6 Å². The molecule has 0 unspecified atom stereocenters. The number of ether oxygens (including phenoxy) is 1. The van der Waals surface area contributed by atoms with Crippen LogP contribution < -0.4 is 10.1 Å². The quantitative estimate of drug-likeness (QED) is 0.873. The number of benzene rings is 2. The molecule has 2 aromatic rings. The highest BCUT2D eigenvalue weighted by Crippen LogP contribution is 2.18. The normalized spacial score (nSPS) is 10.1. The van der Waals surface area contributed by atoms with Crippen LogP contribution in [0.1, 0.15) is 11.1 Å². The third-order valence-corrected chi connectivity index (χ3v) is 2.83. The molecule has 104 valence electrons. The summed E-state index contributed by atoms with van der Waals surface area (Å²) >= 11 is 0. The predicted molar refractivity (Wildman–Crippen MR) is 81.8 cm³/mol. The lowest BCUT2D eigenvalue weighted by molar-refractivity contribution is -0.111. The predicted octanol–water partition coefficient (Wildman–Crippen LogP) is 3.22. The van der Waals surface area contributed by atoms with Gasteiger partial charge in [0.1, 0.15) is 5.75 Å². The third-order valence-electron chi connectivity index (χ3n) is 2.83. The Hall–Kier alpha value is -3.06. The molecule has 0 fully saturated rings. The Labute approximate surface area is 123 Å². The van der Waals surface area contributed by atoms with E-state index in [2.05, 4.69) is 5.32 Å². The number of amides is 1. The summed E-state index contributed by atoms with van der Waals surface area (Å²) in [5.41, 5.74) is 2.02. The number of anilines is 1. The molecule has 4 heteroatoms. The number of nitrogens with zero attached hydrogens (tertiary/aromatic N) is 1. The number of carbonyl (C=O) groups is 1. The Morgan fingerprint density at radius 1 is 1.19 bits per heavy atom. The van der Waals surface area contributed by atoms with Crippen LogP contribution in [0.4, 0.5) is 5.69 Å². The minimum atomic E-state index is -0.245. The molecule has 0 saturated carbocycles. The van der Waals surface area contributed by atoms with Crippen molar-refractivity contribution in [2.45, 2.75) is 0 Å². The molecule has 0 radical (unpaired) electrons. The van der Waals surface area contributed by atoms with E-state index in [0.717, 1.165) is 5.56 Å². The van der Waals surface area contributed by atoms with E-state index in [0.29, 0.717) is 17.0 Å². The van der Waals surface area contributed by atoms with E-state index in [1.54, 1.807) is 37.5 Å². The van der Waals surface area contributed by atoms with Crippen molar-refractivity contribution in [1.82, 2.24) is 0 Å². The van der Waals surface area contributed by atoms with Gasteiger partial charge in [0.2, 0.25) is 5.91 Å². The summed E-state index contributed by atoms with van der Waals surface area (Å²) in [7, 11) is 1.59. The highest BCUT2D eigenvalue weighted by molar-refractivity contribution is 6.02. The van der Waals surface area contributed by atoms with Gasteiger partial charge >= 0.3 is 0 Å². The van der Waals surface area contributed by atoms with Gasteiger partial charge in [0.25, 0.3) is 0 Å². The Morgan fingerprint density at radius 2 is 1.90 bits per heavy atom. The second-order valence-corrected chi connectivity index (χ2v) is 4.25. The van der Waals surface area contributed by atoms with Crippen molar-refractivity contribution in [2.24, 2.45) is 0 Å². The van der Waals surface area contributed by atoms with Crippen LogP contribution in [-0.4, -0.2) is 13.0 Å². The molecule has 0 saturated heterocycles. The summed E-state index contributed by atoms with van der Waals surface area (Å²) in [6, 6.07) is 16.1. The van der Waals surface area contributed by atoms with Crippen LogP contribution in [0.2, 0.25) is 0 Å². The first-order chi connectivity index (χ1) is 10.2. The molecule has 1 N–H and O–H groups in total. The highest BCUT2D eigenvalue weighted by atomic mass is 16.5. The van der Waals surface area contributed by atoms with Crippen molar-refractivity contribution >= 4 is 17.7 Å². The fourth-order valence-electron chi connectivity index (χ4n) is 1.78. The molecule has 2 aromatic carbocycles. The number of methoxy groups -OCH3 is 1. The lowest BCUT2D eigenvalue weighted by Gasteiger charge is -2.04. The summed E-state index contributed by atoms with van der Waals surface area (Å²) in [6.45, 7) is 0. The molecule has 0 aromatic heterocycles. The van der Waals surface area contributed by atoms with Crippen molar-refractivity contribution in [3.8, 4) is 11.8 Å². The van der Waals surface area contributed by atoms with Crippen LogP contribution in [0.3, 0.4) is 0 Å². The van der Waals surface area contributed by atoms with Gasteiger partial charge in [-0.15, -0.1) is 0 Å². The number of para-hydroxylation sites is 1. The van der Waals surface area contributed by atoms with Crippen molar-refractivity contribution in [1.29, 1.82) is 5.26 Å². The Balaban J connectivity index is 2.04. The summed E-state index contributed by atoms with van der Waals surface area (Å²) < 4.78 is 5.21. The largest absolute Gasteiger partial charge is 0.496 e. The van der Waals surface area contributed by atoms with Crippen molar-refractivity contribution in [3.05, 3.63) is 65.7 Å². The zero-order valence-electron chi connectivity index (χ0n) is 11.5. The fraction of sp³-hybridized carbons (Fsp3) is 0.0588. The van der Waals surface area contributed by atoms with Gasteiger partial charge in [0.15, 0.2) is 0 Å². The second-order valence-electron chi connectivity index (χ2n) is 4.25. The minimum Gasteiger partial charge on any atom is -0.496 e. The first-order valence-electron chi connectivity index (χ1n) is 6.35. The number of nitrogens with one attached hydrogen (secondary N) is 1. The third kappa shape index (κ3) is 3.95. The molecule has 0 spiro atoms. The highest BCUT2D eigenvalue weighted by Gasteiger charge is 2.00. The molecular weight excluding hydrogens is 264 g/mol.